The van der Waals surface area contributed by atoms with Crippen molar-refractivity contribution in [3.63, 3.8) is 0 Å². The molecule has 158 valence electrons. The van der Waals surface area contributed by atoms with Crippen molar-refractivity contribution < 1.29 is 21.6 Å². The molecule has 0 aliphatic rings. The number of amides is 1. The Labute approximate surface area is 172 Å². The monoisotopic (exact) mass is 438 g/mol. The molecule has 29 heavy (non-hydrogen) atoms. The summed E-state index contributed by atoms with van der Waals surface area (Å²) >= 11 is 0. The van der Waals surface area contributed by atoms with E-state index < -0.39 is 25.8 Å². The van der Waals surface area contributed by atoms with E-state index in [0.29, 0.717) is 24.3 Å². The van der Waals surface area contributed by atoms with Crippen LogP contribution in [0.2, 0.25) is 0 Å². The Hall–Kier alpha value is -2.23. The highest BCUT2D eigenvalue weighted by molar-refractivity contribution is 7.90. The average Bonchev–Trinajstić information content (AvgIpc) is 2.67. The minimum absolute atomic E-state index is 0.147. The van der Waals surface area contributed by atoms with E-state index in [1.165, 1.54) is 52.8 Å². The number of sulfone groups is 1. The number of carbonyl (C=O) groups is 1. The van der Waals surface area contributed by atoms with Gasteiger partial charge in [-0.1, -0.05) is 13.8 Å². The van der Waals surface area contributed by atoms with Gasteiger partial charge in [0, 0.05) is 30.6 Å². The van der Waals surface area contributed by atoms with Gasteiger partial charge in [0.15, 0.2) is 9.84 Å². The van der Waals surface area contributed by atoms with Crippen molar-refractivity contribution in [3.8, 4) is 0 Å². The van der Waals surface area contributed by atoms with E-state index in [0.717, 1.165) is 19.1 Å². The standard InChI is InChI=1S/C20H26N2O5S2/c1-4-14-22(15-5-2)29(26,27)19-10-6-16(7-11-19)20(23)21-17-8-12-18(13-9-17)28(3,24)25/h6-13H,4-5,14-15H2,1-3H3,(H,21,23). The molecule has 1 amide bonds. The minimum Gasteiger partial charge on any atom is -0.322 e. The second-order valence-corrected chi connectivity index (χ2v) is 10.6. The highest BCUT2D eigenvalue weighted by Crippen LogP contribution is 2.19. The summed E-state index contributed by atoms with van der Waals surface area (Å²) in [5.41, 5.74) is 0.741. The number of hydrogen-bond acceptors (Lipinski definition) is 5. The molecule has 0 fully saturated rings. The Morgan fingerprint density at radius 2 is 1.31 bits per heavy atom. The molecule has 0 aromatic heterocycles. The predicted molar refractivity (Wildman–Crippen MR) is 113 cm³/mol. The van der Waals surface area contributed by atoms with Gasteiger partial charge in [-0.05, 0) is 61.4 Å². The average molecular weight is 439 g/mol. The molecule has 1 N–H and O–H groups in total. The van der Waals surface area contributed by atoms with Crippen molar-refractivity contribution in [1.82, 2.24) is 4.31 Å². The number of nitrogens with zero attached hydrogens (tertiary/aromatic N) is 1. The Kier molecular flexibility index (Phi) is 7.56. The van der Waals surface area contributed by atoms with Crippen molar-refractivity contribution in [2.45, 2.75) is 36.5 Å². The number of nitrogens with one attached hydrogen (secondary N) is 1. The van der Waals surface area contributed by atoms with Crippen LogP contribution in [0.15, 0.2) is 58.3 Å². The third-order valence-electron chi connectivity index (χ3n) is 4.24. The van der Waals surface area contributed by atoms with E-state index in [-0.39, 0.29) is 9.79 Å². The first-order valence-electron chi connectivity index (χ1n) is 9.31. The van der Waals surface area contributed by atoms with Gasteiger partial charge in [0.25, 0.3) is 5.91 Å². The first kappa shape index (κ1) is 23.1. The molecule has 0 radical (unpaired) electrons. The summed E-state index contributed by atoms with van der Waals surface area (Å²) in [6.07, 6.45) is 2.55. The maximum atomic E-state index is 12.8. The van der Waals surface area contributed by atoms with E-state index in [4.69, 9.17) is 0 Å². The largest absolute Gasteiger partial charge is 0.322 e. The van der Waals surface area contributed by atoms with Crippen LogP contribution < -0.4 is 5.32 Å². The van der Waals surface area contributed by atoms with Gasteiger partial charge < -0.3 is 5.32 Å². The molecule has 7 nitrogen and oxygen atoms in total. The number of anilines is 1. The van der Waals surface area contributed by atoms with Gasteiger partial charge in [-0.25, -0.2) is 16.8 Å². The van der Waals surface area contributed by atoms with E-state index in [1.54, 1.807) is 0 Å². The van der Waals surface area contributed by atoms with Crippen molar-refractivity contribution in [1.29, 1.82) is 0 Å². The lowest BCUT2D eigenvalue weighted by molar-refractivity contribution is 0.102. The van der Waals surface area contributed by atoms with Gasteiger partial charge in [-0.3, -0.25) is 4.79 Å². The molecule has 0 aliphatic carbocycles. The minimum atomic E-state index is -3.60. The molecule has 2 aromatic rings. The van der Waals surface area contributed by atoms with Gasteiger partial charge >= 0.3 is 0 Å². The van der Waals surface area contributed by atoms with Crippen LogP contribution in [0.3, 0.4) is 0 Å². The van der Waals surface area contributed by atoms with E-state index in [2.05, 4.69) is 5.32 Å². The Balaban J connectivity index is 2.16. The third kappa shape index (κ3) is 5.88. The van der Waals surface area contributed by atoms with E-state index in [1.807, 2.05) is 13.8 Å². The molecule has 0 aliphatic heterocycles. The molecule has 2 rings (SSSR count). The zero-order chi connectivity index (χ0) is 21.7. The molecule has 0 saturated carbocycles. The quantitative estimate of drug-likeness (QED) is 0.648. The zero-order valence-electron chi connectivity index (χ0n) is 16.8. The van der Waals surface area contributed by atoms with E-state index in [9.17, 15) is 21.6 Å². The lowest BCUT2D eigenvalue weighted by Gasteiger charge is -2.21. The van der Waals surface area contributed by atoms with E-state index >= 15 is 0 Å². The highest BCUT2D eigenvalue weighted by atomic mass is 32.2. The summed E-state index contributed by atoms with van der Waals surface area (Å²) in [6.45, 7) is 4.74. The molecule has 0 heterocycles. The molecule has 0 saturated heterocycles. The van der Waals surface area contributed by atoms with Crippen LogP contribution in [-0.2, 0) is 19.9 Å². The van der Waals surface area contributed by atoms with Crippen molar-refractivity contribution in [2.24, 2.45) is 0 Å². The van der Waals surface area contributed by atoms with Crippen molar-refractivity contribution in [3.05, 3.63) is 54.1 Å². The summed E-state index contributed by atoms with van der Waals surface area (Å²) in [5, 5.41) is 2.66. The van der Waals surface area contributed by atoms with Crippen LogP contribution >= 0.6 is 0 Å². The number of sulfonamides is 1. The summed E-state index contributed by atoms with van der Waals surface area (Å²) in [6, 6.07) is 11.6. The number of carbonyl (C=O) groups excluding carboxylic acids is 1. The molecule has 9 heteroatoms. The molecular weight excluding hydrogens is 412 g/mol. The number of benzene rings is 2. The van der Waals surface area contributed by atoms with Gasteiger partial charge in [-0.2, -0.15) is 4.31 Å². The first-order chi connectivity index (χ1) is 13.6. The van der Waals surface area contributed by atoms with Gasteiger partial charge in [0.2, 0.25) is 10.0 Å². The lowest BCUT2D eigenvalue weighted by atomic mass is 10.2. The van der Waals surface area contributed by atoms with Gasteiger partial charge in [0.1, 0.15) is 0 Å². The fourth-order valence-electron chi connectivity index (χ4n) is 2.77. The molecule has 0 unspecified atom stereocenters. The van der Waals surface area contributed by atoms with Crippen LogP contribution in [0.1, 0.15) is 37.0 Å². The molecule has 0 atom stereocenters. The zero-order valence-corrected chi connectivity index (χ0v) is 18.4. The predicted octanol–water partition coefficient (Wildman–Crippen LogP) is 3.15. The third-order valence-corrected chi connectivity index (χ3v) is 7.28. The van der Waals surface area contributed by atoms with Crippen LogP contribution in [0, 0.1) is 0 Å². The maximum absolute atomic E-state index is 12.8. The van der Waals surface area contributed by atoms with Crippen LogP contribution in [0.5, 0.6) is 0 Å². The Bertz CT molecular complexity index is 1040. The Morgan fingerprint density at radius 1 is 0.828 bits per heavy atom. The van der Waals surface area contributed by atoms with Crippen molar-refractivity contribution >= 4 is 31.5 Å². The maximum Gasteiger partial charge on any atom is 0.255 e. The highest BCUT2D eigenvalue weighted by Gasteiger charge is 2.23. The fraction of sp³-hybridized carbons (Fsp3) is 0.350. The molecular formula is C20H26N2O5S2. The number of rotatable bonds is 9. The lowest BCUT2D eigenvalue weighted by Crippen LogP contribution is -2.32. The van der Waals surface area contributed by atoms with Crippen LogP contribution in [0.25, 0.3) is 0 Å². The fourth-order valence-corrected chi connectivity index (χ4v) is 5.02. The normalized spacial score (nSPS) is 12.1. The summed E-state index contributed by atoms with van der Waals surface area (Å²) < 4.78 is 50.0. The molecule has 2 aromatic carbocycles. The smallest absolute Gasteiger partial charge is 0.255 e. The first-order valence-corrected chi connectivity index (χ1v) is 12.6. The topological polar surface area (TPSA) is 101 Å². The summed E-state index contributed by atoms with van der Waals surface area (Å²) in [7, 11) is -6.91. The Morgan fingerprint density at radius 3 is 1.76 bits per heavy atom. The molecule has 0 spiro atoms. The second-order valence-electron chi connectivity index (χ2n) is 6.68. The van der Waals surface area contributed by atoms with Crippen molar-refractivity contribution in [2.75, 3.05) is 24.7 Å². The van der Waals surface area contributed by atoms with Crippen LogP contribution in [0.4, 0.5) is 5.69 Å². The summed E-state index contributed by atoms with van der Waals surface area (Å²) in [5.74, 6) is -0.417. The molecule has 0 bridgehead atoms. The SMILES string of the molecule is CCCN(CCC)S(=O)(=O)c1ccc(C(=O)Nc2ccc(S(C)(=O)=O)cc2)cc1. The second kappa shape index (κ2) is 9.51. The number of hydrogen-bond donors (Lipinski definition) is 1. The summed E-state index contributed by atoms with van der Waals surface area (Å²) in [4.78, 5) is 12.7. The van der Waals surface area contributed by atoms with Gasteiger partial charge in [0.05, 0.1) is 9.79 Å². The van der Waals surface area contributed by atoms with Gasteiger partial charge in [-0.15, -0.1) is 0 Å². The van der Waals surface area contributed by atoms with Crippen LogP contribution in [-0.4, -0.2) is 46.4 Å².